The van der Waals surface area contributed by atoms with Gasteiger partial charge in [0, 0.05) is 32.2 Å². The van der Waals surface area contributed by atoms with Crippen LogP contribution in [0.15, 0.2) is 35.3 Å². The molecule has 0 spiro atoms. The molecule has 0 atom stereocenters. The van der Waals surface area contributed by atoms with Crippen molar-refractivity contribution in [1.82, 2.24) is 15.5 Å². The number of nitrogens with one attached hydrogen (secondary N) is 2. The van der Waals surface area contributed by atoms with Crippen LogP contribution in [0, 0.1) is 5.41 Å². The van der Waals surface area contributed by atoms with E-state index in [9.17, 15) is 4.79 Å². The molecule has 1 saturated heterocycles. The number of carbonyl (C=O) groups excluding carboxylic acids is 1. The number of benzene rings is 1. The zero-order valence-corrected chi connectivity index (χ0v) is 20.4. The van der Waals surface area contributed by atoms with Crippen molar-refractivity contribution in [2.24, 2.45) is 16.1 Å². The van der Waals surface area contributed by atoms with Crippen LogP contribution >= 0.6 is 24.0 Å². The summed E-state index contributed by atoms with van der Waals surface area (Å²) in [5.41, 5.74) is 6.93. The number of hydrogen-bond donors (Lipinski definition) is 3. The lowest BCUT2D eigenvalue weighted by Gasteiger charge is -2.32. The molecule has 0 unspecified atom stereocenters. The molecule has 1 aromatic carbocycles. The minimum absolute atomic E-state index is 0. The number of primary amides is 1. The zero-order valence-electron chi connectivity index (χ0n) is 18.1. The quantitative estimate of drug-likeness (QED) is 0.280. The number of aryl methyl sites for hydroxylation is 1. The van der Waals surface area contributed by atoms with Gasteiger partial charge in [0.1, 0.15) is 0 Å². The van der Waals surface area contributed by atoms with E-state index in [4.69, 9.17) is 10.7 Å². The van der Waals surface area contributed by atoms with Gasteiger partial charge in [0.15, 0.2) is 5.96 Å². The number of carbonyl (C=O) groups is 1. The summed E-state index contributed by atoms with van der Waals surface area (Å²) in [6, 6.07) is 10.7. The molecule has 1 fully saturated rings. The van der Waals surface area contributed by atoms with Gasteiger partial charge in [0.25, 0.3) is 0 Å². The zero-order chi connectivity index (χ0) is 20.4. The molecule has 0 saturated carbocycles. The molecule has 0 bridgehead atoms. The van der Waals surface area contributed by atoms with Crippen molar-refractivity contribution in [2.75, 3.05) is 26.2 Å². The fourth-order valence-corrected chi connectivity index (χ4v) is 3.55. The molecule has 7 heteroatoms. The molecule has 164 valence electrons. The van der Waals surface area contributed by atoms with E-state index in [0.29, 0.717) is 19.1 Å². The summed E-state index contributed by atoms with van der Waals surface area (Å²) >= 11 is 0. The van der Waals surface area contributed by atoms with Gasteiger partial charge in [-0.05, 0) is 50.0 Å². The van der Waals surface area contributed by atoms with Crippen molar-refractivity contribution in [2.45, 2.75) is 58.9 Å². The van der Waals surface area contributed by atoms with Crippen molar-refractivity contribution in [3.8, 4) is 0 Å². The van der Waals surface area contributed by atoms with Gasteiger partial charge in [-0.15, -0.1) is 24.0 Å². The fraction of sp³-hybridized carbons (Fsp3) is 0.636. The molecule has 0 aliphatic carbocycles. The molecule has 1 heterocycles. The molecule has 2 amide bonds. The van der Waals surface area contributed by atoms with Crippen LogP contribution < -0.4 is 16.4 Å². The molecule has 1 aliphatic heterocycles. The lowest BCUT2D eigenvalue weighted by atomic mass is 9.86. The second kappa shape index (κ2) is 12.9. The maximum Gasteiger partial charge on any atom is 0.314 e. The topological polar surface area (TPSA) is 82.8 Å². The van der Waals surface area contributed by atoms with Gasteiger partial charge >= 0.3 is 6.03 Å². The van der Waals surface area contributed by atoms with Crippen LogP contribution in [0.5, 0.6) is 0 Å². The third-order valence-corrected chi connectivity index (χ3v) is 5.32. The Labute approximate surface area is 193 Å². The number of nitrogens with zero attached hydrogens (tertiary/aromatic N) is 2. The van der Waals surface area contributed by atoms with Crippen LogP contribution in [0.4, 0.5) is 4.79 Å². The maximum absolute atomic E-state index is 11.3. The van der Waals surface area contributed by atoms with Crippen molar-refractivity contribution in [1.29, 1.82) is 0 Å². The molecule has 1 aromatic rings. The summed E-state index contributed by atoms with van der Waals surface area (Å²) in [7, 11) is 0. The Kier molecular flexibility index (Phi) is 11.4. The first-order valence-electron chi connectivity index (χ1n) is 10.5. The van der Waals surface area contributed by atoms with E-state index in [0.717, 1.165) is 44.7 Å². The van der Waals surface area contributed by atoms with E-state index >= 15 is 0 Å². The Morgan fingerprint density at radius 1 is 1.24 bits per heavy atom. The monoisotopic (exact) mass is 515 g/mol. The lowest BCUT2D eigenvalue weighted by molar-refractivity contribution is 0.188. The summed E-state index contributed by atoms with van der Waals surface area (Å²) in [5, 5.41) is 6.88. The molecule has 6 nitrogen and oxygen atoms in total. The fourth-order valence-electron chi connectivity index (χ4n) is 3.55. The van der Waals surface area contributed by atoms with E-state index in [1.165, 1.54) is 12.0 Å². The summed E-state index contributed by atoms with van der Waals surface area (Å²) in [5.74, 6) is 0.871. The standard InChI is InChI=1S/C22H37N5O.HI/c1-4-24-21(26-19-12-15-27(16-13-19)20(23)28)25-17-22(2,3)14-8-11-18-9-6-5-7-10-18;/h5-7,9-10,19H,4,8,11-17H2,1-3H3,(H2,23,28)(H2,24,25,26);1H. The first-order chi connectivity index (χ1) is 13.4. The summed E-state index contributed by atoms with van der Waals surface area (Å²) in [6.45, 7) is 9.69. The van der Waals surface area contributed by atoms with Crippen LogP contribution in [-0.2, 0) is 6.42 Å². The van der Waals surface area contributed by atoms with Crippen LogP contribution in [0.2, 0.25) is 0 Å². The van der Waals surface area contributed by atoms with E-state index in [2.05, 4.69) is 61.7 Å². The van der Waals surface area contributed by atoms with Gasteiger partial charge in [-0.3, -0.25) is 4.99 Å². The number of halogens is 1. The van der Waals surface area contributed by atoms with Gasteiger partial charge in [-0.25, -0.2) is 4.79 Å². The third-order valence-electron chi connectivity index (χ3n) is 5.32. The second-order valence-electron chi connectivity index (χ2n) is 8.44. The van der Waals surface area contributed by atoms with Crippen molar-refractivity contribution in [3.63, 3.8) is 0 Å². The SMILES string of the molecule is CCNC(=NCC(C)(C)CCCc1ccccc1)NC1CCN(C(N)=O)CC1.I. The number of likely N-dealkylation sites (tertiary alicyclic amines) is 1. The Bertz CT molecular complexity index is 627. The van der Waals surface area contributed by atoms with E-state index in [-0.39, 0.29) is 35.4 Å². The molecular formula is C22H38IN5O. The largest absolute Gasteiger partial charge is 0.357 e. The number of aliphatic imine (C=N–C) groups is 1. The summed E-state index contributed by atoms with van der Waals surface area (Å²) in [6.07, 6.45) is 5.22. The maximum atomic E-state index is 11.3. The Morgan fingerprint density at radius 3 is 2.48 bits per heavy atom. The highest BCUT2D eigenvalue weighted by Crippen LogP contribution is 2.24. The minimum atomic E-state index is -0.323. The first-order valence-corrected chi connectivity index (χ1v) is 10.5. The highest BCUT2D eigenvalue weighted by molar-refractivity contribution is 14.0. The highest BCUT2D eigenvalue weighted by Gasteiger charge is 2.22. The van der Waals surface area contributed by atoms with Crippen LogP contribution in [0.25, 0.3) is 0 Å². The third kappa shape index (κ3) is 9.69. The van der Waals surface area contributed by atoms with Crippen LogP contribution in [-0.4, -0.2) is 49.1 Å². The Hall–Kier alpha value is -1.51. The van der Waals surface area contributed by atoms with Crippen LogP contribution in [0.1, 0.15) is 52.0 Å². The highest BCUT2D eigenvalue weighted by atomic mass is 127. The Morgan fingerprint density at radius 2 is 1.90 bits per heavy atom. The smallest absolute Gasteiger partial charge is 0.314 e. The normalized spacial score (nSPS) is 15.6. The van der Waals surface area contributed by atoms with Gasteiger partial charge in [0.05, 0.1) is 0 Å². The molecule has 0 radical (unpaired) electrons. The van der Waals surface area contributed by atoms with Gasteiger partial charge < -0.3 is 21.3 Å². The molecule has 0 aromatic heterocycles. The predicted molar refractivity (Wildman–Crippen MR) is 132 cm³/mol. The van der Waals surface area contributed by atoms with Gasteiger partial charge in [-0.2, -0.15) is 0 Å². The average Bonchev–Trinajstić information content (AvgIpc) is 2.67. The second-order valence-corrected chi connectivity index (χ2v) is 8.44. The number of hydrogen-bond acceptors (Lipinski definition) is 2. The molecule has 4 N–H and O–H groups in total. The molecular weight excluding hydrogens is 477 g/mol. The van der Waals surface area contributed by atoms with E-state index < -0.39 is 0 Å². The predicted octanol–water partition coefficient (Wildman–Crippen LogP) is 3.75. The molecule has 29 heavy (non-hydrogen) atoms. The lowest BCUT2D eigenvalue weighted by Crippen LogP contribution is -2.50. The first kappa shape index (κ1) is 25.5. The number of rotatable bonds is 8. The van der Waals surface area contributed by atoms with Crippen molar-refractivity contribution < 1.29 is 4.79 Å². The van der Waals surface area contributed by atoms with Gasteiger partial charge in [0.2, 0.25) is 0 Å². The van der Waals surface area contributed by atoms with E-state index in [1.807, 2.05) is 0 Å². The summed E-state index contributed by atoms with van der Waals surface area (Å²) in [4.78, 5) is 17.8. The van der Waals surface area contributed by atoms with E-state index in [1.54, 1.807) is 4.90 Å². The molecule has 1 aliphatic rings. The number of guanidine groups is 1. The van der Waals surface area contributed by atoms with Gasteiger partial charge in [-0.1, -0.05) is 44.2 Å². The summed E-state index contributed by atoms with van der Waals surface area (Å²) < 4.78 is 0. The number of urea groups is 1. The molecule has 2 rings (SSSR count). The number of piperidine rings is 1. The average molecular weight is 515 g/mol. The minimum Gasteiger partial charge on any atom is -0.357 e. The number of nitrogens with two attached hydrogens (primary N) is 1. The Balaban J connectivity index is 0.00000420. The number of amides is 2. The van der Waals surface area contributed by atoms with Crippen molar-refractivity contribution in [3.05, 3.63) is 35.9 Å². The van der Waals surface area contributed by atoms with Crippen LogP contribution in [0.3, 0.4) is 0 Å². The van der Waals surface area contributed by atoms with Crippen molar-refractivity contribution >= 4 is 36.0 Å².